The Morgan fingerprint density at radius 2 is 1.87 bits per heavy atom. The minimum Gasteiger partial charge on any atom is -0.397 e. The predicted octanol–water partition coefficient (Wildman–Crippen LogP) is 3.17. The van der Waals surface area contributed by atoms with E-state index >= 15 is 0 Å². The summed E-state index contributed by atoms with van der Waals surface area (Å²) >= 11 is 0. The lowest BCUT2D eigenvalue weighted by atomic mass is 9.97. The molecule has 0 aliphatic carbocycles. The molecule has 2 aromatic rings. The number of ether oxygens (including phenoxy) is 2. The summed E-state index contributed by atoms with van der Waals surface area (Å²) in [4.78, 5) is 2.28. The van der Waals surface area contributed by atoms with Gasteiger partial charge >= 0.3 is 0 Å². The number of hydrogen-bond donors (Lipinski definition) is 1. The van der Waals surface area contributed by atoms with Crippen LogP contribution in [0.3, 0.4) is 0 Å². The zero-order chi connectivity index (χ0) is 16.3. The highest BCUT2D eigenvalue weighted by Crippen LogP contribution is 2.48. The summed E-state index contributed by atoms with van der Waals surface area (Å²) in [6, 6.07) is 16.5. The van der Waals surface area contributed by atoms with Crippen molar-refractivity contribution in [3.8, 4) is 0 Å². The number of nitrogen functional groups attached to an aromatic ring is 1. The van der Waals surface area contributed by atoms with Gasteiger partial charge in [-0.25, -0.2) is 0 Å². The minimum absolute atomic E-state index is 0.521. The SMILES string of the molecule is CCN1c2c(N)cccc2CC1(OCCOC)c1ccccc1. The molecule has 1 atom stereocenters. The van der Waals surface area contributed by atoms with Crippen molar-refractivity contribution < 1.29 is 9.47 Å². The van der Waals surface area contributed by atoms with Crippen LogP contribution in [0.1, 0.15) is 18.1 Å². The van der Waals surface area contributed by atoms with E-state index in [2.05, 4.69) is 42.2 Å². The lowest BCUT2D eigenvalue weighted by molar-refractivity contribution is -0.0635. The van der Waals surface area contributed by atoms with Gasteiger partial charge in [-0.2, -0.15) is 0 Å². The van der Waals surface area contributed by atoms with E-state index in [0.29, 0.717) is 13.2 Å². The average molecular weight is 312 g/mol. The van der Waals surface area contributed by atoms with Crippen molar-refractivity contribution in [3.63, 3.8) is 0 Å². The van der Waals surface area contributed by atoms with Crippen LogP contribution in [0.15, 0.2) is 48.5 Å². The third-order valence-electron chi connectivity index (χ3n) is 4.46. The lowest BCUT2D eigenvalue weighted by Crippen LogP contribution is -2.47. The fraction of sp³-hybridized carbons (Fsp3) is 0.368. The molecule has 23 heavy (non-hydrogen) atoms. The number of nitrogens with two attached hydrogens (primary N) is 1. The Balaban J connectivity index is 2.07. The highest BCUT2D eigenvalue weighted by molar-refractivity contribution is 5.76. The first-order valence-corrected chi connectivity index (χ1v) is 8.06. The van der Waals surface area contributed by atoms with E-state index < -0.39 is 5.72 Å². The van der Waals surface area contributed by atoms with E-state index in [1.54, 1.807) is 7.11 Å². The smallest absolute Gasteiger partial charge is 0.171 e. The fourth-order valence-corrected chi connectivity index (χ4v) is 3.49. The number of para-hydroxylation sites is 1. The summed E-state index contributed by atoms with van der Waals surface area (Å²) in [5.74, 6) is 0. The third-order valence-corrected chi connectivity index (χ3v) is 4.46. The van der Waals surface area contributed by atoms with Gasteiger partial charge in [0.05, 0.1) is 24.6 Å². The number of rotatable bonds is 6. The zero-order valence-electron chi connectivity index (χ0n) is 13.8. The van der Waals surface area contributed by atoms with Gasteiger partial charge in [0.1, 0.15) is 0 Å². The quantitative estimate of drug-likeness (QED) is 0.657. The molecule has 1 heterocycles. The van der Waals surface area contributed by atoms with Crippen molar-refractivity contribution in [2.45, 2.75) is 19.1 Å². The highest BCUT2D eigenvalue weighted by atomic mass is 16.5. The van der Waals surface area contributed by atoms with E-state index in [1.807, 2.05) is 18.2 Å². The zero-order valence-corrected chi connectivity index (χ0v) is 13.8. The van der Waals surface area contributed by atoms with E-state index in [0.717, 1.165) is 29.9 Å². The van der Waals surface area contributed by atoms with Crippen LogP contribution in [0, 0.1) is 0 Å². The molecular formula is C19H24N2O2. The number of anilines is 2. The van der Waals surface area contributed by atoms with E-state index in [9.17, 15) is 0 Å². The van der Waals surface area contributed by atoms with Gasteiger partial charge in [0.15, 0.2) is 5.72 Å². The molecule has 1 aliphatic heterocycles. The van der Waals surface area contributed by atoms with Crippen LogP contribution in [0.25, 0.3) is 0 Å². The average Bonchev–Trinajstić information content (AvgIpc) is 2.92. The molecule has 122 valence electrons. The van der Waals surface area contributed by atoms with Crippen LogP contribution >= 0.6 is 0 Å². The Morgan fingerprint density at radius 1 is 1.09 bits per heavy atom. The Kier molecular flexibility index (Phi) is 4.55. The van der Waals surface area contributed by atoms with Gasteiger partial charge in [0.2, 0.25) is 0 Å². The highest BCUT2D eigenvalue weighted by Gasteiger charge is 2.46. The molecule has 0 saturated carbocycles. The van der Waals surface area contributed by atoms with Crippen LogP contribution in [0.2, 0.25) is 0 Å². The summed E-state index contributed by atoms with van der Waals surface area (Å²) in [7, 11) is 1.69. The van der Waals surface area contributed by atoms with Gasteiger partial charge < -0.3 is 20.1 Å². The molecule has 0 fully saturated rings. The molecule has 3 rings (SSSR count). The number of nitrogens with zero attached hydrogens (tertiary/aromatic N) is 1. The molecule has 1 unspecified atom stereocenters. The maximum atomic E-state index is 6.40. The molecule has 2 N–H and O–H groups in total. The number of benzene rings is 2. The van der Waals surface area contributed by atoms with Crippen LogP contribution in [-0.2, 0) is 21.6 Å². The minimum atomic E-state index is -0.521. The van der Waals surface area contributed by atoms with Crippen LogP contribution < -0.4 is 10.6 Å². The number of hydrogen-bond acceptors (Lipinski definition) is 4. The molecular weight excluding hydrogens is 288 g/mol. The number of fused-ring (bicyclic) bond motifs is 1. The number of methoxy groups -OCH3 is 1. The molecule has 2 aromatic carbocycles. The summed E-state index contributed by atoms with van der Waals surface area (Å²) < 4.78 is 11.6. The van der Waals surface area contributed by atoms with Crippen molar-refractivity contribution >= 4 is 11.4 Å². The maximum absolute atomic E-state index is 6.40. The summed E-state index contributed by atoms with van der Waals surface area (Å²) in [6.07, 6.45) is 0.787. The fourth-order valence-electron chi connectivity index (χ4n) is 3.49. The van der Waals surface area contributed by atoms with Crippen molar-refractivity contribution in [2.24, 2.45) is 0 Å². The summed E-state index contributed by atoms with van der Waals surface area (Å²) in [6.45, 7) is 4.07. The second-order valence-corrected chi connectivity index (χ2v) is 5.77. The molecule has 0 bridgehead atoms. The van der Waals surface area contributed by atoms with E-state index in [1.165, 1.54) is 5.56 Å². The molecule has 0 saturated heterocycles. The maximum Gasteiger partial charge on any atom is 0.171 e. The monoisotopic (exact) mass is 312 g/mol. The van der Waals surface area contributed by atoms with Crippen molar-refractivity contribution in [2.75, 3.05) is 37.5 Å². The second-order valence-electron chi connectivity index (χ2n) is 5.77. The van der Waals surface area contributed by atoms with Crippen LogP contribution in [0.4, 0.5) is 11.4 Å². The Bertz CT molecular complexity index is 660. The molecule has 1 aliphatic rings. The van der Waals surface area contributed by atoms with Gasteiger partial charge in [-0.1, -0.05) is 42.5 Å². The Hall–Kier alpha value is -2.04. The van der Waals surface area contributed by atoms with Gasteiger partial charge in [-0.3, -0.25) is 0 Å². The van der Waals surface area contributed by atoms with Crippen molar-refractivity contribution in [3.05, 3.63) is 59.7 Å². The van der Waals surface area contributed by atoms with Gasteiger partial charge in [-0.05, 0) is 18.6 Å². The first-order chi connectivity index (χ1) is 11.2. The van der Waals surface area contributed by atoms with Crippen molar-refractivity contribution in [1.82, 2.24) is 0 Å². The van der Waals surface area contributed by atoms with E-state index in [-0.39, 0.29) is 0 Å². The van der Waals surface area contributed by atoms with Gasteiger partial charge in [0.25, 0.3) is 0 Å². The Morgan fingerprint density at radius 3 is 2.57 bits per heavy atom. The van der Waals surface area contributed by atoms with Crippen LogP contribution in [0.5, 0.6) is 0 Å². The summed E-state index contributed by atoms with van der Waals surface area (Å²) in [5.41, 5.74) is 10.0. The number of likely N-dealkylation sites (N-methyl/N-ethyl adjacent to an activating group) is 1. The topological polar surface area (TPSA) is 47.7 Å². The molecule has 0 aromatic heterocycles. The Labute approximate surface area is 137 Å². The molecule has 0 spiro atoms. The standard InChI is InChI=1S/C19H24N2O2/c1-3-21-18-15(8-7-11-17(18)20)14-19(21,23-13-12-22-2)16-9-5-4-6-10-16/h4-11H,3,12-14,20H2,1-2H3. The lowest BCUT2D eigenvalue weighted by Gasteiger charge is -2.40. The van der Waals surface area contributed by atoms with Crippen molar-refractivity contribution in [1.29, 1.82) is 0 Å². The molecule has 0 amide bonds. The summed E-state index contributed by atoms with van der Waals surface area (Å²) in [5, 5.41) is 0. The first-order valence-electron chi connectivity index (χ1n) is 8.06. The third kappa shape index (κ3) is 2.69. The molecule has 4 heteroatoms. The van der Waals surface area contributed by atoms with Gasteiger partial charge in [-0.15, -0.1) is 0 Å². The molecule has 0 radical (unpaired) electrons. The molecule has 4 nitrogen and oxygen atoms in total. The van der Waals surface area contributed by atoms with Gasteiger partial charge in [0, 0.05) is 25.6 Å². The van der Waals surface area contributed by atoms with Crippen LogP contribution in [-0.4, -0.2) is 26.9 Å². The largest absolute Gasteiger partial charge is 0.397 e. The first kappa shape index (κ1) is 15.8. The second kappa shape index (κ2) is 6.60. The predicted molar refractivity (Wildman–Crippen MR) is 93.5 cm³/mol. The normalized spacial score (nSPS) is 19.8. The van der Waals surface area contributed by atoms with E-state index in [4.69, 9.17) is 15.2 Å².